The van der Waals surface area contributed by atoms with E-state index in [2.05, 4.69) is 4.74 Å². The fourth-order valence-corrected chi connectivity index (χ4v) is 1.47. The van der Waals surface area contributed by atoms with E-state index in [1.807, 2.05) is 0 Å². The summed E-state index contributed by atoms with van der Waals surface area (Å²) >= 11 is 0. The number of aliphatic carboxylic acids is 1. The van der Waals surface area contributed by atoms with Crippen molar-refractivity contribution in [3.05, 3.63) is 29.8 Å². The number of carboxylic acid groups (broad SMARTS) is 1. The SMILES string of the molecule is O=C(O)C(NCC(F)(F)F)c1ccccc1OC(F)F. The van der Waals surface area contributed by atoms with Crippen molar-refractivity contribution in [2.24, 2.45) is 0 Å². The van der Waals surface area contributed by atoms with Gasteiger partial charge < -0.3 is 9.84 Å². The van der Waals surface area contributed by atoms with Crippen molar-refractivity contribution >= 4 is 5.97 Å². The largest absolute Gasteiger partial charge is 0.480 e. The molecule has 0 fully saturated rings. The Hall–Kier alpha value is -1.90. The van der Waals surface area contributed by atoms with Crippen LogP contribution in [-0.2, 0) is 4.79 Å². The first kappa shape index (κ1) is 16.2. The maximum absolute atomic E-state index is 12.2. The molecule has 2 N–H and O–H groups in total. The van der Waals surface area contributed by atoms with Crippen LogP contribution in [0.15, 0.2) is 24.3 Å². The molecule has 0 saturated heterocycles. The molecule has 0 amide bonds. The predicted molar refractivity (Wildman–Crippen MR) is 57.5 cm³/mol. The maximum Gasteiger partial charge on any atom is 0.401 e. The first-order chi connectivity index (χ1) is 9.20. The van der Waals surface area contributed by atoms with Gasteiger partial charge in [-0.3, -0.25) is 10.1 Å². The smallest absolute Gasteiger partial charge is 0.401 e. The number of benzene rings is 1. The molecule has 0 saturated carbocycles. The topological polar surface area (TPSA) is 58.6 Å². The number of rotatable bonds is 6. The minimum atomic E-state index is -4.63. The molecule has 20 heavy (non-hydrogen) atoms. The minimum absolute atomic E-state index is 0.315. The number of carbonyl (C=O) groups is 1. The number of para-hydroxylation sites is 1. The summed E-state index contributed by atoms with van der Waals surface area (Å²) in [5.41, 5.74) is -0.315. The lowest BCUT2D eigenvalue weighted by Gasteiger charge is -2.19. The Morgan fingerprint density at radius 3 is 2.40 bits per heavy atom. The van der Waals surface area contributed by atoms with Crippen LogP contribution < -0.4 is 10.1 Å². The Morgan fingerprint density at radius 1 is 1.30 bits per heavy atom. The van der Waals surface area contributed by atoms with Crippen molar-refractivity contribution in [1.29, 1.82) is 0 Å². The van der Waals surface area contributed by atoms with Crippen molar-refractivity contribution in [3.8, 4) is 5.75 Å². The number of hydrogen-bond acceptors (Lipinski definition) is 3. The fourth-order valence-electron chi connectivity index (χ4n) is 1.47. The summed E-state index contributed by atoms with van der Waals surface area (Å²) in [6, 6.07) is 2.93. The fraction of sp³-hybridized carbons (Fsp3) is 0.364. The van der Waals surface area contributed by atoms with Crippen LogP contribution in [0.4, 0.5) is 22.0 Å². The van der Waals surface area contributed by atoms with E-state index in [4.69, 9.17) is 5.11 Å². The highest BCUT2D eigenvalue weighted by molar-refractivity contribution is 5.76. The van der Waals surface area contributed by atoms with Crippen molar-refractivity contribution < 1.29 is 36.6 Å². The van der Waals surface area contributed by atoms with E-state index in [0.29, 0.717) is 0 Å². The van der Waals surface area contributed by atoms with E-state index in [-0.39, 0.29) is 5.56 Å². The predicted octanol–water partition coefficient (Wildman–Crippen LogP) is 2.57. The zero-order chi connectivity index (χ0) is 15.3. The summed E-state index contributed by atoms with van der Waals surface area (Å²) in [6.07, 6.45) is -4.63. The highest BCUT2D eigenvalue weighted by Gasteiger charge is 2.32. The van der Waals surface area contributed by atoms with Crippen LogP contribution >= 0.6 is 0 Å². The molecule has 9 heteroatoms. The van der Waals surface area contributed by atoms with Crippen molar-refractivity contribution in [1.82, 2.24) is 5.32 Å². The molecule has 1 atom stereocenters. The molecule has 0 aliphatic carbocycles. The van der Waals surface area contributed by atoms with E-state index < -0.39 is 37.1 Å². The zero-order valence-corrected chi connectivity index (χ0v) is 9.82. The average Bonchev–Trinajstić information content (AvgIpc) is 2.28. The van der Waals surface area contributed by atoms with Gasteiger partial charge in [-0.1, -0.05) is 18.2 Å². The van der Waals surface area contributed by atoms with E-state index in [1.54, 1.807) is 5.32 Å². The van der Waals surface area contributed by atoms with Gasteiger partial charge in [0.05, 0.1) is 6.54 Å². The van der Waals surface area contributed by atoms with Crippen LogP contribution in [0.25, 0.3) is 0 Å². The van der Waals surface area contributed by atoms with Crippen molar-refractivity contribution in [2.45, 2.75) is 18.8 Å². The minimum Gasteiger partial charge on any atom is -0.480 e. The normalized spacial score (nSPS) is 13.3. The van der Waals surface area contributed by atoms with E-state index in [0.717, 1.165) is 12.1 Å². The number of alkyl halides is 5. The van der Waals surface area contributed by atoms with Crippen LogP contribution in [0.1, 0.15) is 11.6 Å². The van der Waals surface area contributed by atoms with Gasteiger partial charge in [-0.15, -0.1) is 0 Å². The van der Waals surface area contributed by atoms with E-state index in [1.165, 1.54) is 12.1 Å². The summed E-state index contributed by atoms with van der Waals surface area (Å²) < 4.78 is 64.7. The molecule has 0 spiro atoms. The molecular weight excluding hydrogens is 289 g/mol. The van der Waals surface area contributed by atoms with Crippen LogP contribution in [0.3, 0.4) is 0 Å². The van der Waals surface area contributed by atoms with Gasteiger partial charge in [0.1, 0.15) is 11.8 Å². The number of hydrogen-bond donors (Lipinski definition) is 2. The monoisotopic (exact) mass is 299 g/mol. The van der Waals surface area contributed by atoms with Gasteiger partial charge in [0.25, 0.3) is 0 Å². The van der Waals surface area contributed by atoms with Gasteiger partial charge in [-0.05, 0) is 6.07 Å². The molecule has 0 bridgehead atoms. The molecule has 0 aromatic heterocycles. The lowest BCUT2D eigenvalue weighted by Crippen LogP contribution is -2.36. The third-order valence-electron chi connectivity index (χ3n) is 2.20. The van der Waals surface area contributed by atoms with Crippen LogP contribution in [0.2, 0.25) is 0 Å². The lowest BCUT2D eigenvalue weighted by molar-refractivity contribution is -0.143. The molecule has 0 aliphatic rings. The van der Waals surface area contributed by atoms with Crippen LogP contribution in [-0.4, -0.2) is 30.4 Å². The molecule has 1 aromatic rings. The standard InChI is InChI=1S/C11H10F5NO3/c12-10(13)20-7-4-2-1-3-6(7)8(9(18)19)17-5-11(14,15)16/h1-4,8,10,17H,5H2,(H,18,19). The Morgan fingerprint density at radius 2 is 1.90 bits per heavy atom. The first-order valence-corrected chi connectivity index (χ1v) is 5.27. The van der Waals surface area contributed by atoms with Crippen molar-refractivity contribution in [2.75, 3.05) is 6.54 Å². The highest BCUT2D eigenvalue weighted by atomic mass is 19.4. The second-order valence-electron chi connectivity index (χ2n) is 3.68. The van der Waals surface area contributed by atoms with Crippen LogP contribution in [0.5, 0.6) is 5.75 Å². The van der Waals surface area contributed by atoms with Gasteiger partial charge in [0.2, 0.25) is 0 Å². The van der Waals surface area contributed by atoms with E-state index in [9.17, 15) is 26.7 Å². The molecule has 0 heterocycles. The second-order valence-corrected chi connectivity index (χ2v) is 3.68. The molecule has 0 aliphatic heterocycles. The highest BCUT2D eigenvalue weighted by Crippen LogP contribution is 2.27. The Balaban J connectivity index is 3.00. The lowest BCUT2D eigenvalue weighted by atomic mass is 10.1. The molecule has 1 aromatic carbocycles. The molecule has 1 rings (SSSR count). The maximum atomic E-state index is 12.2. The second kappa shape index (κ2) is 6.51. The Labute approximate surface area is 110 Å². The molecule has 112 valence electrons. The number of ether oxygens (including phenoxy) is 1. The number of halogens is 5. The zero-order valence-electron chi connectivity index (χ0n) is 9.82. The quantitative estimate of drug-likeness (QED) is 0.793. The summed E-state index contributed by atoms with van der Waals surface area (Å²) in [7, 11) is 0. The van der Waals surface area contributed by atoms with E-state index >= 15 is 0 Å². The molecule has 0 radical (unpaired) electrons. The number of carboxylic acids is 1. The summed E-state index contributed by atoms with van der Waals surface area (Å²) in [5.74, 6) is -2.14. The van der Waals surface area contributed by atoms with Gasteiger partial charge in [0.15, 0.2) is 0 Å². The summed E-state index contributed by atoms with van der Waals surface area (Å²) in [4.78, 5) is 11.0. The third kappa shape index (κ3) is 5.00. The molecular formula is C11H10F5NO3. The average molecular weight is 299 g/mol. The third-order valence-corrected chi connectivity index (χ3v) is 2.20. The Kier molecular flexibility index (Phi) is 5.26. The number of nitrogens with one attached hydrogen (secondary N) is 1. The summed E-state index contributed by atoms with van der Waals surface area (Å²) in [6.45, 7) is -4.79. The van der Waals surface area contributed by atoms with Gasteiger partial charge in [-0.25, -0.2) is 0 Å². The van der Waals surface area contributed by atoms with Crippen molar-refractivity contribution in [3.63, 3.8) is 0 Å². The van der Waals surface area contributed by atoms with Gasteiger partial charge in [-0.2, -0.15) is 22.0 Å². The Bertz CT molecular complexity index is 464. The summed E-state index contributed by atoms with van der Waals surface area (Å²) in [5, 5.41) is 10.6. The first-order valence-electron chi connectivity index (χ1n) is 5.27. The van der Waals surface area contributed by atoms with Gasteiger partial charge in [0, 0.05) is 5.56 Å². The van der Waals surface area contributed by atoms with Gasteiger partial charge >= 0.3 is 18.8 Å². The van der Waals surface area contributed by atoms with Crippen LogP contribution in [0, 0.1) is 0 Å². The molecule has 1 unspecified atom stereocenters. The molecule has 4 nitrogen and oxygen atoms in total.